The van der Waals surface area contributed by atoms with Crippen LogP contribution in [0.5, 0.6) is 0 Å². The highest BCUT2D eigenvalue weighted by Gasteiger charge is 2.15. The number of allylic oxidation sites excluding steroid dienone is 1. The van der Waals surface area contributed by atoms with Crippen molar-refractivity contribution in [3.05, 3.63) is 12.7 Å². The summed E-state index contributed by atoms with van der Waals surface area (Å²) in [6, 6.07) is 0. The largest absolute Gasteiger partial charge is 0.103 e. The molecular formula is C13H26. The van der Waals surface area contributed by atoms with E-state index < -0.39 is 0 Å². The summed E-state index contributed by atoms with van der Waals surface area (Å²) >= 11 is 0. The molecule has 0 nitrogen and oxygen atoms in total. The van der Waals surface area contributed by atoms with E-state index in [4.69, 9.17) is 0 Å². The molecule has 0 aliphatic carbocycles. The van der Waals surface area contributed by atoms with Crippen LogP contribution in [-0.2, 0) is 0 Å². The molecule has 0 aromatic rings. The highest BCUT2D eigenvalue weighted by atomic mass is 14.2. The van der Waals surface area contributed by atoms with Crippen molar-refractivity contribution in [3.63, 3.8) is 0 Å². The lowest BCUT2D eigenvalue weighted by Gasteiger charge is -2.24. The summed E-state index contributed by atoms with van der Waals surface area (Å²) in [5.41, 5.74) is 0. The summed E-state index contributed by atoms with van der Waals surface area (Å²) in [6.07, 6.45) is 7.24. The van der Waals surface area contributed by atoms with Crippen molar-refractivity contribution in [2.75, 3.05) is 0 Å². The van der Waals surface area contributed by atoms with E-state index in [-0.39, 0.29) is 0 Å². The fraction of sp³-hybridized carbons (Fsp3) is 0.846. The van der Waals surface area contributed by atoms with Gasteiger partial charge in [0.15, 0.2) is 0 Å². The van der Waals surface area contributed by atoms with Crippen molar-refractivity contribution in [2.24, 2.45) is 17.8 Å². The summed E-state index contributed by atoms with van der Waals surface area (Å²) in [5.74, 6) is 2.63. The molecule has 0 heterocycles. The van der Waals surface area contributed by atoms with Gasteiger partial charge in [0.2, 0.25) is 0 Å². The molecule has 78 valence electrons. The van der Waals surface area contributed by atoms with E-state index in [9.17, 15) is 0 Å². The van der Waals surface area contributed by atoms with Crippen LogP contribution in [0.2, 0.25) is 0 Å². The zero-order valence-electron chi connectivity index (χ0n) is 9.84. The fourth-order valence-electron chi connectivity index (χ4n) is 2.02. The molecule has 0 saturated carbocycles. The molecule has 0 N–H and O–H groups in total. The van der Waals surface area contributed by atoms with Crippen LogP contribution in [0.25, 0.3) is 0 Å². The summed E-state index contributed by atoms with van der Waals surface area (Å²) in [5, 5.41) is 0. The van der Waals surface area contributed by atoms with Crippen molar-refractivity contribution in [1.82, 2.24) is 0 Å². The molecule has 0 aromatic heterocycles. The van der Waals surface area contributed by atoms with Crippen molar-refractivity contribution >= 4 is 0 Å². The molecule has 0 spiro atoms. The number of hydrogen-bond donors (Lipinski definition) is 0. The Hall–Kier alpha value is -0.260. The van der Waals surface area contributed by atoms with E-state index in [0.29, 0.717) is 0 Å². The zero-order chi connectivity index (χ0) is 10.3. The first-order valence-corrected chi connectivity index (χ1v) is 5.72. The minimum atomic E-state index is 0.844. The fourth-order valence-corrected chi connectivity index (χ4v) is 2.02. The molecule has 13 heavy (non-hydrogen) atoms. The molecule has 0 rings (SSSR count). The van der Waals surface area contributed by atoms with Crippen LogP contribution in [0.15, 0.2) is 12.7 Å². The molecule has 2 atom stereocenters. The molecule has 0 aromatic carbocycles. The molecule has 0 radical (unpaired) electrons. The van der Waals surface area contributed by atoms with Crippen LogP contribution < -0.4 is 0 Å². The van der Waals surface area contributed by atoms with Crippen molar-refractivity contribution in [1.29, 1.82) is 0 Å². The summed E-state index contributed by atoms with van der Waals surface area (Å²) < 4.78 is 0. The van der Waals surface area contributed by atoms with E-state index in [1.54, 1.807) is 0 Å². The van der Waals surface area contributed by atoms with E-state index in [0.717, 1.165) is 17.8 Å². The van der Waals surface area contributed by atoms with Gasteiger partial charge in [0, 0.05) is 0 Å². The number of rotatable bonds is 7. The van der Waals surface area contributed by atoms with E-state index in [1.807, 2.05) is 6.08 Å². The molecule has 0 heteroatoms. The van der Waals surface area contributed by atoms with Gasteiger partial charge >= 0.3 is 0 Å². The van der Waals surface area contributed by atoms with Crippen LogP contribution in [-0.4, -0.2) is 0 Å². The molecule has 0 aliphatic rings. The topological polar surface area (TPSA) is 0 Å². The average molecular weight is 182 g/mol. The minimum Gasteiger partial charge on any atom is -0.103 e. The maximum absolute atomic E-state index is 3.78. The Labute approximate surface area is 84.4 Å². The van der Waals surface area contributed by atoms with Gasteiger partial charge in [-0.15, -0.1) is 6.58 Å². The Morgan fingerprint density at radius 3 is 2.23 bits per heavy atom. The molecule has 0 amide bonds. The van der Waals surface area contributed by atoms with E-state index in [2.05, 4.69) is 34.3 Å². The monoisotopic (exact) mass is 182 g/mol. The van der Waals surface area contributed by atoms with Crippen LogP contribution in [0, 0.1) is 17.8 Å². The smallest absolute Gasteiger partial charge is 0.0351 e. The number of hydrogen-bond acceptors (Lipinski definition) is 0. The van der Waals surface area contributed by atoms with Gasteiger partial charge in [0.25, 0.3) is 0 Å². The highest BCUT2D eigenvalue weighted by molar-refractivity contribution is 4.72. The molecule has 2 unspecified atom stereocenters. The second kappa shape index (κ2) is 7.17. The maximum atomic E-state index is 3.78. The van der Waals surface area contributed by atoms with Gasteiger partial charge in [-0.05, 0) is 37.0 Å². The molecule has 0 fully saturated rings. The van der Waals surface area contributed by atoms with Crippen molar-refractivity contribution in [3.8, 4) is 0 Å². The third-order valence-electron chi connectivity index (χ3n) is 2.93. The van der Waals surface area contributed by atoms with Crippen molar-refractivity contribution in [2.45, 2.75) is 53.4 Å². The zero-order valence-corrected chi connectivity index (χ0v) is 9.84. The normalized spacial score (nSPS) is 15.8. The van der Waals surface area contributed by atoms with Gasteiger partial charge in [-0.25, -0.2) is 0 Å². The second-order valence-corrected chi connectivity index (χ2v) is 4.64. The Morgan fingerprint density at radius 1 is 1.23 bits per heavy atom. The Morgan fingerprint density at radius 2 is 1.85 bits per heavy atom. The molecular weight excluding hydrogens is 156 g/mol. The summed E-state index contributed by atoms with van der Waals surface area (Å²) in [6.45, 7) is 13.1. The maximum Gasteiger partial charge on any atom is -0.0351 e. The molecule has 0 saturated heterocycles. The van der Waals surface area contributed by atoms with Crippen LogP contribution in [0.4, 0.5) is 0 Å². The quantitative estimate of drug-likeness (QED) is 0.502. The predicted molar refractivity (Wildman–Crippen MR) is 61.8 cm³/mol. The Bertz CT molecular complexity index is 124. The lowest BCUT2D eigenvalue weighted by molar-refractivity contribution is 0.278. The Kier molecular flexibility index (Phi) is 7.03. The van der Waals surface area contributed by atoms with Gasteiger partial charge in [-0.3, -0.25) is 0 Å². The van der Waals surface area contributed by atoms with Gasteiger partial charge in [-0.1, -0.05) is 40.2 Å². The predicted octanol–water partition coefficient (Wildman–Crippen LogP) is 4.66. The second-order valence-electron chi connectivity index (χ2n) is 4.64. The standard InChI is InChI=1S/C13H26/c1-6-8-9-12(5)13(7-2)10-11(3)4/h6,11-13H,1,7-10H2,2-5H3. The van der Waals surface area contributed by atoms with Gasteiger partial charge < -0.3 is 0 Å². The third kappa shape index (κ3) is 5.90. The molecule has 0 aliphatic heterocycles. The Balaban J connectivity index is 3.83. The first kappa shape index (κ1) is 12.7. The summed E-state index contributed by atoms with van der Waals surface area (Å²) in [4.78, 5) is 0. The van der Waals surface area contributed by atoms with E-state index in [1.165, 1.54) is 25.7 Å². The summed E-state index contributed by atoms with van der Waals surface area (Å²) in [7, 11) is 0. The van der Waals surface area contributed by atoms with Crippen LogP contribution in [0.3, 0.4) is 0 Å². The lowest BCUT2D eigenvalue weighted by atomic mass is 9.82. The van der Waals surface area contributed by atoms with Gasteiger partial charge in [-0.2, -0.15) is 0 Å². The van der Waals surface area contributed by atoms with Crippen molar-refractivity contribution < 1.29 is 0 Å². The average Bonchev–Trinajstić information content (AvgIpc) is 2.09. The van der Waals surface area contributed by atoms with Gasteiger partial charge in [0.1, 0.15) is 0 Å². The SMILES string of the molecule is C=CCCC(C)C(CC)CC(C)C. The highest BCUT2D eigenvalue weighted by Crippen LogP contribution is 2.26. The third-order valence-corrected chi connectivity index (χ3v) is 2.93. The molecule has 0 bridgehead atoms. The first-order chi connectivity index (χ1) is 6.11. The first-order valence-electron chi connectivity index (χ1n) is 5.72. The van der Waals surface area contributed by atoms with Gasteiger partial charge in [0.05, 0.1) is 0 Å². The van der Waals surface area contributed by atoms with E-state index >= 15 is 0 Å². The van der Waals surface area contributed by atoms with Crippen LogP contribution >= 0.6 is 0 Å². The lowest BCUT2D eigenvalue weighted by Crippen LogP contribution is -2.13. The minimum absolute atomic E-state index is 0.844. The van der Waals surface area contributed by atoms with Crippen LogP contribution in [0.1, 0.15) is 53.4 Å².